The Balaban J connectivity index is 1.31. The molecule has 4 rings (SSSR count). The Morgan fingerprint density at radius 1 is 1.24 bits per heavy atom. The van der Waals surface area contributed by atoms with E-state index in [1.165, 1.54) is 0 Å². The maximum absolute atomic E-state index is 12.8. The highest BCUT2D eigenvalue weighted by atomic mass is 16.5. The Kier molecular flexibility index (Phi) is 5.48. The van der Waals surface area contributed by atoms with Crippen LogP contribution in [0.1, 0.15) is 24.0 Å². The van der Waals surface area contributed by atoms with Crippen molar-refractivity contribution in [3.8, 4) is 11.9 Å². The second-order valence-corrected chi connectivity index (χ2v) is 7.56. The van der Waals surface area contributed by atoms with E-state index in [0.717, 1.165) is 42.4 Å². The molecule has 0 spiro atoms. The van der Waals surface area contributed by atoms with Crippen LogP contribution in [0.15, 0.2) is 48.8 Å². The van der Waals surface area contributed by atoms with Crippen LogP contribution < -0.4 is 4.74 Å². The van der Waals surface area contributed by atoms with E-state index in [2.05, 4.69) is 33.9 Å². The van der Waals surface area contributed by atoms with E-state index < -0.39 is 0 Å². The SMILES string of the molecule is Cn1cc(CC(=O)N2CCC(COc3ncccc3C#N)CC2)c2ccccc21. The van der Waals surface area contributed by atoms with Crippen LogP contribution in [0.5, 0.6) is 5.88 Å². The van der Waals surface area contributed by atoms with Gasteiger partial charge in [-0.25, -0.2) is 4.98 Å². The summed E-state index contributed by atoms with van der Waals surface area (Å²) in [6, 6.07) is 13.7. The third-order valence-corrected chi connectivity index (χ3v) is 5.64. The van der Waals surface area contributed by atoms with Crippen LogP contribution in [0.25, 0.3) is 10.9 Å². The van der Waals surface area contributed by atoms with E-state index >= 15 is 0 Å². The van der Waals surface area contributed by atoms with Crippen LogP contribution in [0.4, 0.5) is 0 Å². The predicted molar refractivity (Wildman–Crippen MR) is 110 cm³/mol. The van der Waals surface area contributed by atoms with Gasteiger partial charge in [-0.2, -0.15) is 5.26 Å². The van der Waals surface area contributed by atoms with Gasteiger partial charge in [0.25, 0.3) is 0 Å². The number of carbonyl (C=O) groups excluding carboxylic acids is 1. The maximum atomic E-state index is 12.8. The lowest BCUT2D eigenvalue weighted by Gasteiger charge is -2.32. The first-order valence-electron chi connectivity index (χ1n) is 9.94. The Labute approximate surface area is 170 Å². The normalized spacial score (nSPS) is 14.7. The van der Waals surface area contributed by atoms with Gasteiger partial charge in [-0.3, -0.25) is 4.79 Å². The van der Waals surface area contributed by atoms with Crippen LogP contribution in [0.3, 0.4) is 0 Å². The van der Waals surface area contributed by atoms with Crippen molar-refractivity contribution in [2.45, 2.75) is 19.3 Å². The number of pyridine rings is 1. The van der Waals surface area contributed by atoms with E-state index in [9.17, 15) is 4.79 Å². The van der Waals surface area contributed by atoms with Crippen LogP contribution >= 0.6 is 0 Å². The Morgan fingerprint density at radius 2 is 2.03 bits per heavy atom. The number of aromatic nitrogens is 2. The predicted octanol–water partition coefficient (Wildman–Crippen LogP) is 3.31. The second-order valence-electron chi connectivity index (χ2n) is 7.56. The zero-order chi connectivity index (χ0) is 20.2. The average Bonchev–Trinajstić information content (AvgIpc) is 3.08. The van der Waals surface area contributed by atoms with E-state index in [-0.39, 0.29) is 5.91 Å². The van der Waals surface area contributed by atoms with Crippen molar-refractivity contribution >= 4 is 16.8 Å². The van der Waals surface area contributed by atoms with Gasteiger partial charge in [0.2, 0.25) is 11.8 Å². The van der Waals surface area contributed by atoms with Crippen molar-refractivity contribution in [1.29, 1.82) is 5.26 Å². The second kappa shape index (κ2) is 8.36. The van der Waals surface area contributed by atoms with E-state index in [1.54, 1.807) is 18.3 Å². The first-order valence-corrected chi connectivity index (χ1v) is 9.94. The standard InChI is InChI=1S/C23H24N4O2/c1-26-15-19(20-6-2-3-7-21(20)26)13-22(28)27-11-8-17(9-12-27)16-29-23-18(14-24)5-4-10-25-23/h2-7,10,15,17H,8-9,11-13,16H2,1H3. The number of para-hydroxylation sites is 1. The van der Waals surface area contributed by atoms with E-state index in [1.807, 2.05) is 24.1 Å². The van der Waals surface area contributed by atoms with Crippen molar-refractivity contribution in [1.82, 2.24) is 14.5 Å². The molecule has 0 radical (unpaired) electrons. The van der Waals surface area contributed by atoms with Gasteiger partial charge in [0.15, 0.2) is 0 Å². The van der Waals surface area contributed by atoms with Crippen LogP contribution in [-0.2, 0) is 18.3 Å². The van der Waals surface area contributed by atoms with Gasteiger partial charge in [-0.05, 0) is 42.5 Å². The smallest absolute Gasteiger partial charge is 0.231 e. The van der Waals surface area contributed by atoms with Gasteiger partial charge in [0, 0.05) is 43.4 Å². The Morgan fingerprint density at radius 3 is 2.83 bits per heavy atom. The fourth-order valence-electron chi connectivity index (χ4n) is 3.98. The number of likely N-dealkylation sites (tertiary alicyclic amines) is 1. The highest BCUT2D eigenvalue weighted by Crippen LogP contribution is 2.24. The number of nitriles is 1. The molecule has 1 fully saturated rings. The number of amides is 1. The topological polar surface area (TPSA) is 71.2 Å². The molecule has 3 aromatic rings. The van der Waals surface area contributed by atoms with Gasteiger partial charge < -0.3 is 14.2 Å². The molecule has 6 heteroatoms. The summed E-state index contributed by atoms with van der Waals surface area (Å²) in [5.74, 6) is 0.937. The number of nitrogens with zero attached hydrogens (tertiary/aromatic N) is 4. The monoisotopic (exact) mass is 388 g/mol. The lowest BCUT2D eigenvalue weighted by molar-refractivity contribution is -0.132. The lowest BCUT2D eigenvalue weighted by Crippen LogP contribution is -2.40. The summed E-state index contributed by atoms with van der Waals surface area (Å²) in [5.41, 5.74) is 2.69. The highest BCUT2D eigenvalue weighted by Gasteiger charge is 2.24. The number of carbonyl (C=O) groups is 1. The van der Waals surface area contributed by atoms with Crippen molar-refractivity contribution in [3.05, 3.63) is 59.9 Å². The van der Waals surface area contributed by atoms with Gasteiger partial charge >= 0.3 is 0 Å². The molecule has 0 N–H and O–H groups in total. The lowest BCUT2D eigenvalue weighted by atomic mass is 9.97. The first kappa shape index (κ1) is 19.0. The Hall–Kier alpha value is -3.33. The number of benzene rings is 1. The molecule has 0 unspecified atom stereocenters. The maximum Gasteiger partial charge on any atom is 0.231 e. The summed E-state index contributed by atoms with van der Waals surface area (Å²) in [5, 5.41) is 10.3. The molecular weight excluding hydrogens is 364 g/mol. The van der Waals surface area contributed by atoms with Crippen molar-refractivity contribution in [3.63, 3.8) is 0 Å². The highest BCUT2D eigenvalue weighted by molar-refractivity contribution is 5.89. The molecule has 29 heavy (non-hydrogen) atoms. The third-order valence-electron chi connectivity index (χ3n) is 5.64. The van der Waals surface area contributed by atoms with Crippen molar-refractivity contribution in [2.24, 2.45) is 13.0 Å². The number of ether oxygens (including phenoxy) is 1. The molecule has 2 aromatic heterocycles. The number of piperidine rings is 1. The number of hydrogen-bond acceptors (Lipinski definition) is 4. The molecule has 1 aromatic carbocycles. The largest absolute Gasteiger partial charge is 0.476 e. The number of aryl methyl sites for hydroxylation is 1. The molecular formula is C23H24N4O2. The molecule has 1 saturated heterocycles. The molecule has 148 valence electrons. The number of rotatable bonds is 5. The molecule has 3 heterocycles. The van der Waals surface area contributed by atoms with E-state index in [4.69, 9.17) is 10.00 Å². The van der Waals surface area contributed by atoms with Gasteiger partial charge in [-0.1, -0.05) is 18.2 Å². The van der Waals surface area contributed by atoms with Crippen molar-refractivity contribution in [2.75, 3.05) is 19.7 Å². The minimum absolute atomic E-state index is 0.178. The minimum Gasteiger partial charge on any atom is -0.476 e. The summed E-state index contributed by atoms with van der Waals surface area (Å²) in [6.07, 6.45) is 5.92. The molecule has 0 atom stereocenters. The molecule has 0 saturated carbocycles. The molecule has 1 amide bonds. The summed E-state index contributed by atoms with van der Waals surface area (Å²) in [4.78, 5) is 18.9. The average molecular weight is 388 g/mol. The van der Waals surface area contributed by atoms with Crippen LogP contribution in [0, 0.1) is 17.2 Å². The van der Waals surface area contributed by atoms with Gasteiger partial charge in [-0.15, -0.1) is 0 Å². The molecule has 0 aliphatic carbocycles. The van der Waals surface area contributed by atoms with Crippen LogP contribution in [-0.4, -0.2) is 40.1 Å². The molecule has 1 aliphatic rings. The van der Waals surface area contributed by atoms with Gasteiger partial charge in [0.1, 0.15) is 11.6 Å². The summed E-state index contributed by atoms with van der Waals surface area (Å²) >= 11 is 0. The summed E-state index contributed by atoms with van der Waals surface area (Å²) in [6.45, 7) is 2.01. The Bertz CT molecular complexity index is 1060. The summed E-state index contributed by atoms with van der Waals surface area (Å²) in [7, 11) is 2.01. The summed E-state index contributed by atoms with van der Waals surface area (Å²) < 4.78 is 7.85. The third kappa shape index (κ3) is 4.09. The minimum atomic E-state index is 0.178. The van der Waals surface area contributed by atoms with E-state index in [0.29, 0.717) is 30.4 Å². The number of fused-ring (bicyclic) bond motifs is 1. The molecule has 6 nitrogen and oxygen atoms in total. The fraction of sp³-hybridized carbons (Fsp3) is 0.348. The quantitative estimate of drug-likeness (QED) is 0.672. The fourth-order valence-corrected chi connectivity index (χ4v) is 3.98. The zero-order valence-electron chi connectivity index (χ0n) is 16.5. The first-order chi connectivity index (χ1) is 14.2. The molecule has 1 aliphatic heterocycles. The van der Waals surface area contributed by atoms with Gasteiger partial charge in [0.05, 0.1) is 13.0 Å². The molecule has 0 bridgehead atoms. The zero-order valence-corrected chi connectivity index (χ0v) is 16.5. The number of hydrogen-bond donors (Lipinski definition) is 0. The van der Waals surface area contributed by atoms with Crippen LogP contribution in [0.2, 0.25) is 0 Å². The van der Waals surface area contributed by atoms with Crippen molar-refractivity contribution < 1.29 is 9.53 Å².